The summed E-state index contributed by atoms with van der Waals surface area (Å²) >= 11 is 0. The van der Waals surface area contributed by atoms with Crippen LogP contribution in [0.1, 0.15) is 98.8 Å². The third kappa shape index (κ3) is 12.9. The Labute approximate surface area is 538 Å². The number of aliphatic hydroxyl groups excluding tert-OH is 17. The molecule has 8 heterocycles. The molecule has 12 aliphatic rings. The summed E-state index contributed by atoms with van der Waals surface area (Å²) in [6.45, 7) is 7.18. The van der Waals surface area contributed by atoms with Gasteiger partial charge in [0.25, 0.3) is 0 Å². The van der Waals surface area contributed by atoms with Crippen molar-refractivity contribution in [3.8, 4) is 0 Å². The predicted octanol–water partition coefficient (Wildman–Crippen LogP) is -5.59. The van der Waals surface area contributed by atoms with Gasteiger partial charge in [-0.25, -0.2) is 0 Å². The lowest BCUT2D eigenvalue weighted by Crippen LogP contribution is -2.69. The zero-order chi connectivity index (χ0) is 66.7. The molecular weight excluding hydrogens is 1240 g/mol. The molecule has 31 nitrogen and oxygen atoms in total. The summed E-state index contributed by atoms with van der Waals surface area (Å²) < 4.78 is 85.6. The van der Waals surface area contributed by atoms with Crippen molar-refractivity contribution in [1.29, 1.82) is 0 Å². The Kier molecular flexibility index (Phi) is 21.8. The van der Waals surface area contributed by atoms with Gasteiger partial charge in [0.15, 0.2) is 43.5 Å². The van der Waals surface area contributed by atoms with Crippen LogP contribution in [0.5, 0.6) is 0 Å². The minimum absolute atomic E-state index is 0.0194. The summed E-state index contributed by atoms with van der Waals surface area (Å²) in [5.41, 5.74) is 0.169. The normalized spacial score (nSPS) is 57.5. The monoisotopic (exact) mass is 1340 g/mol. The van der Waals surface area contributed by atoms with Gasteiger partial charge in [-0.2, -0.15) is 0 Å². The van der Waals surface area contributed by atoms with Crippen LogP contribution in [0.3, 0.4) is 0 Å². The summed E-state index contributed by atoms with van der Waals surface area (Å²) in [6, 6.07) is 0. The third-order valence-electron chi connectivity index (χ3n) is 24.2. The smallest absolute Gasteiger partial charge is 0.187 e. The molecule has 4 saturated carbocycles. The van der Waals surface area contributed by atoms with Crippen LogP contribution in [0, 0.1) is 52.3 Å². The largest absolute Gasteiger partial charge is 0.394 e. The number of ether oxygens (including phenoxy) is 14. The van der Waals surface area contributed by atoms with Gasteiger partial charge in [-0.1, -0.05) is 27.7 Å². The summed E-state index contributed by atoms with van der Waals surface area (Å²) in [7, 11) is 0. The Bertz CT molecular complexity index is 2450. The zero-order valence-electron chi connectivity index (χ0n) is 53.1. The molecule has 536 valence electrons. The Hall–Kier alpha value is -1.24. The number of hydrogen-bond donors (Lipinski definition) is 17. The van der Waals surface area contributed by atoms with Crippen LogP contribution in [0.2, 0.25) is 0 Å². The second-order valence-corrected chi connectivity index (χ2v) is 29.5. The topological polar surface area (TPSA) is 473 Å². The van der Waals surface area contributed by atoms with Gasteiger partial charge in [0, 0.05) is 12.3 Å². The molecule has 0 radical (unpaired) electrons. The molecule has 41 atom stereocenters. The Morgan fingerprint density at radius 2 is 0.935 bits per heavy atom. The maximum atomic E-state index is 12.1. The fourth-order valence-electron chi connectivity index (χ4n) is 18.8. The molecular formula is C62H102O31. The van der Waals surface area contributed by atoms with E-state index in [4.69, 9.17) is 66.3 Å². The molecule has 4 aliphatic carbocycles. The first-order valence-electron chi connectivity index (χ1n) is 33.6. The van der Waals surface area contributed by atoms with Gasteiger partial charge in [0.05, 0.1) is 58.0 Å². The van der Waals surface area contributed by atoms with E-state index in [9.17, 15) is 86.8 Å². The molecule has 31 heteroatoms. The molecule has 12 rings (SSSR count). The maximum absolute atomic E-state index is 12.1. The maximum Gasteiger partial charge on any atom is 0.187 e. The Morgan fingerprint density at radius 3 is 1.57 bits per heavy atom. The Morgan fingerprint density at radius 1 is 0.409 bits per heavy atom. The first-order valence-corrected chi connectivity index (χ1v) is 33.6. The molecule has 0 unspecified atom stereocenters. The molecule has 0 aromatic rings. The van der Waals surface area contributed by atoms with Crippen molar-refractivity contribution in [2.45, 2.75) is 295 Å². The quantitative estimate of drug-likeness (QED) is 0.0641. The van der Waals surface area contributed by atoms with E-state index in [1.807, 2.05) is 0 Å². The van der Waals surface area contributed by atoms with Gasteiger partial charge in [-0.15, -0.1) is 0 Å². The minimum Gasteiger partial charge on any atom is -0.394 e. The van der Waals surface area contributed by atoms with Crippen LogP contribution in [0.25, 0.3) is 0 Å². The average Bonchev–Trinajstić information content (AvgIpc) is 1.58. The van der Waals surface area contributed by atoms with Crippen LogP contribution in [-0.4, -0.2) is 323 Å². The lowest BCUT2D eigenvalue weighted by atomic mass is 9.44. The van der Waals surface area contributed by atoms with Gasteiger partial charge < -0.3 is 153 Å². The van der Waals surface area contributed by atoms with Gasteiger partial charge in [-0.05, 0) is 111 Å². The van der Waals surface area contributed by atoms with Crippen LogP contribution in [0.15, 0.2) is 0 Å². The van der Waals surface area contributed by atoms with Gasteiger partial charge in [0.1, 0.15) is 134 Å². The van der Waals surface area contributed by atoms with E-state index < -0.39 is 223 Å². The number of aliphatic hydroxyl groups is 17. The van der Waals surface area contributed by atoms with Crippen LogP contribution in [-0.2, 0) is 66.3 Å². The minimum atomic E-state index is -2.24. The highest BCUT2D eigenvalue weighted by atomic mass is 16.8. The van der Waals surface area contributed by atoms with E-state index in [0.717, 1.165) is 58.0 Å². The summed E-state index contributed by atoms with van der Waals surface area (Å²) in [5.74, 6) is 2.66. The van der Waals surface area contributed by atoms with Crippen molar-refractivity contribution < 1.29 is 153 Å². The third-order valence-corrected chi connectivity index (χ3v) is 24.2. The molecule has 0 amide bonds. The van der Waals surface area contributed by atoms with E-state index in [-0.39, 0.29) is 22.9 Å². The highest BCUT2D eigenvalue weighted by Crippen LogP contribution is 2.71. The first-order chi connectivity index (χ1) is 44.2. The van der Waals surface area contributed by atoms with E-state index in [0.29, 0.717) is 48.3 Å². The summed E-state index contributed by atoms with van der Waals surface area (Å²) in [6.07, 6.45) is -44.6. The molecule has 17 N–H and O–H groups in total. The zero-order valence-corrected chi connectivity index (χ0v) is 53.1. The van der Waals surface area contributed by atoms with Crippen molar-refractivity contribution >= 4 is 0 Å². The lowest BCUT2D eigenvalue weighted by Gasteiger charge is -2.61. The number of fused-ring (bicyclic) bond motifs is 7. The van der Waals surface area contributed by atoms with Gasteiger partial charge >= 0.3 is 0 Å². The SMILES string of the molecule is C[C@@H]1CC[C@@]2(OC1)O[C@H]1C[C@H]3[C@@H]4CC[C@H]5C[C@@H](O[C@@H]6O[C@H](CO)[C@H](O[C@@H]7O[C@H](CO)[C@@H](O)[C@H](O[C@@H]8O[C@H](CO)[C@@H](O)[C@H](O[C@@H]9OC[C@@H](O)[C@H](O)[C@H]9O)[C@H]8O)[C@H]7O[C@@H]7O[C@H](CO)[C@@H](O[C@@H]8O[C@@H](C)[C@H](O)[C@@H](O)[C@H]8O)[C@H](O)[C@H]7O)[C@H](O)[C@H]6O)CC[C@]5(C)[C@H]4CC[C@]3(C)[C@H]1[C@@H]2C. The standard InChI is InChI=1S/C62H102O31/c1-22-8-13-62(81-20-22)23(2)36-31(93-62)15-29-27-7-6-25-14-26(9-11-60(25,4)28(27)10-12-61(29,36)5)83-56-46(77)42(73)50(35(19-66)86-56)89-59-53(92-57-47(78)43(74)49(34(18-65)87-57)88-55-45(76)41(72)37(68)24(3)82-55)52(40(71)33(17-64)85-59)91-58-48(79)51(39(70)32(16-63)84-58)90-54-44(75)38(69)30(67)21-80-54/h22-59,63-79H,6-21H2,1-5H3/t22-,23+,24+,25+,26+,27-,28+,29+,30-,31+,32-,33-,34-,35-,36+,37+,38+,39-,40-,41-,42-,43-,44-,45-,46-,47-,48-,49-,50+,51+,52+,53-,54+,55+,56-,57+,58+,59+,60+,61+,62-/m1/s1. The van der Waals surface area contributed by atoms with Crippen LogP contribution < -0.4 is 0 Å². The fourth-order valence-corrected chi connectivity index (χ4v) is 18.8. The highest BCUT2D eigenvalue weighted by Gasteiger charge is 2.70. The molecule has 1 spiro atoms. The van der Waals surface area contributed by atoms with Crippen molar-refractivity contribution in [2.24, 2.45) is 52.3 Å². The van der Waals surface area contributed by atoms with E-state index >= 15 is 0 Å². The van der Waals surface area contributed by atoms with E-state index in [2.05, 4.69) is 27.7 Å². The lowest BCUT2D eigenvalue weighted by molar-refractivity contribution is -0.413. The van der Waals surface area contributed by atoms with Gasteiger partial charge in [0.2, 0.25) is 0 Å². The molecule has 0 bridgehead atoms. The summed E-state index contributed by atoms with van der Waals surface area (Å²) in [5, 5.41) is 188. The molecule has 8 aliphatic heterocycles. The van der Waals surface area contributed by atoms with Crippen molar-refractivity contribution in [1.82, 2.24) is 0 Å². The van der Waals surface area contributed by atoms with Crippen molar-refractivity contribution in [3.63, 3.8) is 0 Å². The number of hydrogen-bond acceptors (Lipinski definition) is 31. The predicted molar refractivity (Wildman–Crippen MR) is 306 cm³/mol. The average molecular weight is 1340 g/mol. The van der Waals surface area contributed by atoms with E-state index in [1.54, 1.807) is 0 Å². The first kappa shape index (κ1) is 71.6. The fraction of sp³-hybridized carbons (Fsp3) is 1.00. The molecule has 0 aromatic carbocycles. The Balaban J connectivity index is 0.757. The second-order valence-electron chi connectivity index (χ2n) is 29.5. The van der Waals surface area contributed by atoms with Crippen LogP contribution in [0.4, 0.5) is 0 Å². The van der Waals surface area contributed by atoms with Crippen molar-refractivity contribution in [3.05, 3.63) is 0 Å². The molecule has 0 aromatic heterocycles. The second kappa shape index (κ2) is 28.3. The molecule has 8 saturated heterocycles. The highest BCUT2D eigenvalue weighted by molar-refractivity contribution is 5.16. The molecule has 12 fully saturated rings. The number of rotatable bonds is 16. The van der Waals surface area contributed by atoms with Gasteiger partial charge in [-0.3, -0.25) is 0 Å². The molecule has 93 heavy (non-hydrogen) atoms. The van der Waals surface area contributed by atoms with E-state index in [1.165, 1.54) is 6.92 Å². The van der Waals surface area contributed by atoms with Crippen LogP contribution >= 0.6 is 0 Å². The summed E-state index contributed by atoms with van der Waals surface area (Å²) in [4.78, 5) is 0. The van der Waals surface area contributed by atoms with Crippen molar-refractivity contribution in [2.75, 3.05) is 39.6 Å².